The van der Waals surface area contributed by atoms with E-state index in [1.807, 2.05) is 21.0 Å². The van der Waals surface area contributed by atoms with E-state index < -0.39 is 11.9 Å². The maximum absolute atomic E-state index is 12.1. The number of hydrogen-bond donors (Lipinski definition) is 2. The summed E-state index contributed by atoms with van der Waals surface area (Å²) in [6.45, 7) is 9.77. The molecule has 0 aliphatic carbocycles. The molecular weight excluding hydrogens is 258 g/mol. The molecular formula is C14H29N3O3. The molecule has 0 aromatic heterocycles. The number of aliphatic carboxylic acids is 1. The SMILES string of the molecule is CCN(CC(C)C(=O)O)C(=O)NCC(C)(C)CN(C)C. The highest BCUT2D eigenvalue weighted by Crippen LogP contribution is 2.14. The smallest absolute Gasteiger partial charge is 0.317 e. The van der Waals surface area contributed by atoms with Crippen molar-refractivity contribution in [3.05, 3.63) is 0 Å². The van der Waals surface area contributed by atoms with E-state index in [0.717, 1.165) is 6.54 Å². The van der Waals surface area contributed by atoms with Crippen LogP contribution in [0.2, 0.25) is 0 Å². The van der Waals surface area contributed by atoms with Crippen LogP contribution in [-0.4, -0.2) is 67.2 Å². The van der Waals surface area contributed by atoms with Crippen molar-refractivity contribution in [2.24, 2.45) is 11.3 Å². The summed E-state index contributed by atoms with van der Waals surface area (Å²) in [5.74, 6) is -1.44. The normalized spacial score (nSPS) is 13.2. The second-order valence-electron chi connectivity index (χ2n) is 6.34. The van der Waals surface area contributed by atoms with E-state index in [2.05, 4.69) is 24.1 Å². The largest absolute Gasteiger partial charge is 0.481 e. The molecule has 0 saturated heterocycles. The molecule has 0 bridgehead atoms. The molecule has 6 heteroatoms. The Kier molecular flexibility index (Phi) is 7.57. The lowest BCUT2D eigenvalue weighted by molar-refractivity contribution is -0.141. The lowest BCUT2D eigenvalue weighted by atomic mass is 9.93. The predicted octanol–water partition coefficient (Wildman–Crippen LogP) is 1.33. The van der Waals surface area contributed by atoms with Gasteiger partial charge in [0.1, 0.15) is 0 Å². The molecule has 0 heterocycles. The molecule has 1 atom stereocenters. The van der Waals surface area contributed by atoms with Gasteiger partial charge in [0.15, 0.2) is 0 Å². The molecule has 20 heavy (non-hydrogen) atoms. The van der Waals surface area contributed by atoms with Gasteiger partial charge in [-0.3, -0.25) is 4.79 Å². The molecule has 0 aromatic carbocycles. The van der Waals surface area contributed by atoms with Gasteiger partial charge in [0.25, 0.3) is 0 Å². The van der Waals surface area contributed by atoms with Gasteiger partial charge in [-0.2, -0.15) is 0 Å². The van der Waals surface area contributed by atoms with Gasteiger partial charge in [-0.25, -0.2) is 4.79 Å². The fraction of sp³-hybridized carbons (Fsp3) is 0.857. The molecule has 1 unspecified atom stereocenters. The Hall–Kier alpha value is -1.30. The van der Waals surface area contributed by atoms with E-state index in [-0.39, 0.29) is 18.0 Å². The number of urea groups is 1. The third-order valence-corrected chi connectivity index (χ3v) is 3.05. The molecule has 0 aromatic rings. The number of carboxylic acid groups (broad SMARTS) is 1. The van der Waals surface area contributed by atoms with Crippen LogP contribution in [0.25, 0.3) is 0 Å². The van der Waals surface area contributed by atoms with Crippen molar-refractivity contribution in [3.8, 4) is 0 Å². The van der Waals surface area contributed by atoms with Crippen molar-refractivity contribution in [2.75, 3.05) is 40.3 Å². The highest BCUT2D eigenvalue weighted by molar-refractivity contribution is 5.76. The second kappa shape index (κ2) is 8.09. The first-order valence-corrected chi connectivity index (χ1v) is 6.99. The Balaban J connectivity index is 4.39. The number of rotatable bonds is 8. The summed E-state index contributed by atoms with van der Waals surface area (Å²) >= 11 is 0. The summed E-state index contributed by atoms with van der Waals surface area (Å²) in [5, 5.41) is 11.8. The Labute approximate surface area is 122 Å². The van der Waals surface area contributed by atoms with E-state index in [4.69, 9.17) is 5.11 Å². The minimum absolute atomic E-state index is 0.0308. The predicted molar refractivity (Wildman–Crippen MR) is 79.8 cm³/mol. The van der Waals surface area contributed by atoms with Crippen LogP contribution in [0.1, 0.15) is 27.7 Å². The molecule has 0 aliphatic rings. The zero-order valence-electron chi connectivity index (χ0n) is 13.6. The number of carbonyl (C=O) groups excluding carboxylic acids is 1. The molecule has 118 valence electrons. The minimum atomic E-state index is -0.885. The van der Waals surface area contributed by atoms with Crippen molar-refractivity contribution >= 4 is 12.0 Å². The van der Waals surface area contributed by atoms with Crippen LogP contribution in [0.5, 0.6) is 0 Å². The molecule has 0 radical (unpaired) electrons. The average Bonchev–Trinajstić information content (AvgIpc) is 2.31. The van der Waals surface area contributed by atoms with Crippen LogP contribution in [0, 0.1) is 11.3 Å². The van der Waals surface area contributed by atoms with Gasteiger partial charge < -0.3 is 20.2 Å². The van der Waals surface area contributed by atoms with Crippen molar-refractivity contribution < 1.29 is 14.7 Å². The molecule has 6 nitrogen and oxygen atoms in total. The number of carbonyl (C=O) groups is 2. The fourth-order valence-electron chi connectivity index (χ4n) is 2.10. The molecule has 0 saturated carbocycles. The van der Waals surface area contributed by atoms with Crippen LogP contribution < -0.4 is 5.32 Å². The number of nitrogens with one attached hydrogen (secondary N) is 1. The Morgan fingerprint density at radius 1 is 1.30 bits per heavy atom. The second-order valence-corrected chi connectivity index (χ2v) is 6.34. The third-order valence-electron chi connectivity index (χ3n) is 3.05. The molecule has 0 rings (SSSR count). The zero-order chi connectivity index (χ0) is 15.9. The Morgan fingerprint density at radius 2 is 1.85 bits per heavy atom. The molecule has 0 spiro atoms. The molecule has 0 fully saturated rings. The quantitative estimate of drug-likeness (QED) is 0.706. The zero-order valence-corrected chi connectivity index (χ0v) is 13.6. The van der Waals surface area contributed by atoms with Gasteiger partial charge in [0.2, 0.25) is 0 Å². The Morgan fingerprint density at radius 3 is 2.25 bits per heavy atom. The van der Waals surface area contributed by atoms with Crippen LogP contribution in [0.4, 0.5) is 4.79 Å². The van der Waals surface area contributed by atoms with Gasteiger partial charge in [0, 0.05) is 26.2 Å². The number of nitrogens with zero attached hydrogens (tertiary/aromatic N) is 2. The van der Waals surface area contributed by atoms with E-state index in [9.17, 15) is 9.59 Å². The van der Waals surface area contributed by atoms with Crippen molar-refractivity contribution in [1.29, 1.82) is 0 Å². The van der Waals surface area contributed by atoms with E-state index in [1.165, 1.54) is 4.90 Å². The molecule has 2 N–H and O–H groups in total. The third kappa shape index (κ3) is 7.33. The summed E-state index contributed by atoms with van der Waals surface area (Å²) in [7, 11) is 3.99. The Bertz CT molecular complexity index is 330. The average molecular weight is 287 g/mol. The number of amides is 2. The van der Waals surface area contributed by atoms with E-state index >= 15 is 0 Å². The van der Waals surface area contributed by atoms with Gasteiger partial charge in [0.05, 0.1) is 5.92 Å². The molecule has 0 aliphatic heterocycles. The first-order chi connectivity index (χ1) is 9.09. The summed E-state index contributed by atoms with van der Waals surface area (Å²) in [5.41, 5.74) is -0.0308. The van der Waals surface area contributed by atoms with Crippen molar-refractivity contribution in [3.63, 3.8) is 0 Å². The fourth-order valence-corrected chi connectivity index (χ4v) is 2.10. The lowest BCUT2D eigenvalue weighted by Crippen LogP contribution is -2.47. The van der Waals surface area contributed by atoms with Crippen molar-refractivity contribution in [1.82, 2.24) is 15.1 Å². The summed E-state index contributed by atoms with van der Waals surface area (Å²) in [4.78, 5) is 26.5. The number of carboxylic acids is 1. The first kappa shape index (κ1) is 18.7. The first-order valence-electron chi connectivity index (χ1n) is 6.99. The summed E-state index contributed by atoms with van der Waals surface area (Å²) < 4.78 is 0. The maximum atomic E-state index is 12.1. The van der Waals surface area contributed by atoms with Crippen LogP contribution in [-0.2, 0) is 4.79 Å². The van der Waals surface area contributed by atoms with Crippen LogP contribution in [0.15, 0.2) is 0 Å². The van der Waals surface area contributed by atoms with E-state index in [1.54, 1.807) is 6.92 Å². The highest BCUT2D eigenvalue weighted by atomic mass is 16.4. The van der Waals surface area contributed by atoms with Crippen molar-refractivity contribution in [2.45, 2.75) is 27.7 Å². The summed E-state index contributed by atoms with van der Waals surface area (Å²) in [6.07, 6.45) is 0. The van der Waals surface area contributed by atoms with Crippen LogP contribution in [0.3, 0.4) is 0 Å². The standard InChI is InChI=1S/C14H29N3O3/c1-7-17(8-11(2)12(18)19)13(20)15-9-14(3,4)10-16(5)6/h11H,7-10H2,1-6H3,(H,15,20)(H,18,19). The van der Waals surface area contributed by atoms with Gasteiger partial charge in [-0.05, 0) is 26.4 Å². The van der Waals surface area contributed by atoms with E-state index in [0.29, 0.717) is 13.1 Å². The maximum Gasteiger partial charge on any atom is 0.317 e. The van der Waals surface area contributed by atoms with Crippen LogP contribution >= 0.6 is 0 Å². The lowest BCUT2D eigenvalue weighted by Gasteiger charge is -2.30. The minimum Gasteiger partial charge on any atom is -0.481 e. The van der Waals surface area contributed by atoms with Gasteiger partial charge in [-0.15, -0.1) is 0 Å². The van der Waals surface area contributed by atoms with Gasteiger partial charge >= 0.3 is 12.0 Å². The molecule has 2 amide bonds. The monoisotopic (exact) mass is 287 g/mol. The summed E-state index contributed by atoms with van der Waals surface area (Å²) in [6, 6.07) is -0.201. The topological polar surface area (TPSA) is 72.9 Å². The highest BCUT2D eigenvalue weighted by Gasteiger charge is 2.23. The number of hydrogen-bond acceptors (Lipinski definition) is 3. The van der Waals surface area contributed by atoms with Gasteiger partial charge in [-0.1, -0.05) is 20.8 Å².